The zero-order valence-corrected chi connectivity index (χ0v) is 10.0. The summed E-state index contributed by atoms with van der Waals surface area (Å²) in [7, 11) is 0. The highest BCUT2D eigenvalue weighted by Gasteiger charge is 2.33. The van der Waals surface area contributed by atoms with Crippen LogP contribution < -0.4 is 5.73 Å². The van der Waals surface area contributed by atoms with Crippen LogP contribution in [-0.2, 0) is 17.6 Å². The van der Waals surface area contributed by atoms with Gasteiger partial charge in [-0.15, -0.1) is 6.42 Å². The van der Waals surface area contributed by atoms with E-state index in [0.717, 1.165) is 12.1 Å². The number of aliphatic carboxylic acids is 1. The van der Waals surface area contributed by atoms with Crippen molar-refractivity contribution in [2.75, 3.05) is 0 Å². The van der Waals surface area contributed by atoms with Crippen molar-refractivity contribution >= 4 is 5.97 Å². The molecule has 92 valence electrons. The minimum atomic E-state index is -1.70. The second-order valence-electron chi connectivity index (χ2n) is 4.55. The molecular weight excluding hydrogens is 218 g/mol. The van der Waals surface area contributed by atoms with Crippen LogP contribution in [-0.4, -0.2) is 26.6 Å². The second-order valence-corrected chi connectivity index (χ2v) is 4.55. The van der Waals surface area contributed by atoms with Gasteiger partial charge in [0, 0.05) is 18.3 Å². The number of carboxylic acids is 1. The van der Waals surface area contributed by atoms with Gasteiger partial charge in [-0.05, 0) is 12.3 Å². The molecule has 0 spiro atoms. The molecule has 0 bridgehead atoms. The van der Waals surface area contributed by atoms with Crippen LogP contribution in [0.25, 0.3) is 0 Å². The Labute approximate surface area is 100 Å². The molecule has 1 heterocycles. The lowest BCUT2D eigenvalue weighted by Crippen LogP contribution is -2.48. The molecule has 1 aromatic heterocycles. The fourth-order valence-electron chi connectivity index (χ4n) is 1.49. The summed E-state index contributed by atoms with van der Waals surface area (Å²) in [5.74, 6) is 1.88. The Bertz CT molecular complexity index is 445. The van der Waals surface area contributed by atoms with Crippen molar-refractivity contribution in [2.45, 2.75) is 32.2 Å². The SMILES string of the molecule is C#CC(N)(Cc1ncc(CC(C)C)[nH]1)C(=O)O. The highest BCUT2D eigenvalue weighted by Crippen LogP contribution is 2.10. The van der Waals surface area contributed by atoms with E-state index in [1.807, 2.05) is 0 Å². The van der Waals surface area contributed by atoms with Gasteiger partial charge in [-0.3, -0.25) is 0 Å². The molecule has 0 aromatic carbocycles. The van der Waals surface area contributed by atoms with E-state index in [1.165, 1.54) is 0 Å². The van der Waals surface area contributed by atoms with Crippen LogP contribution in [0.3, 0.4) is 0 Å². The van der Waals surface area contributed by atoms with Gasteiger partial charge in [-0.1, -0.05) is 19.8 Å². The van der Waals surface area contributed by atoms with Crippen molar-refractivity contribution < 1.29 is 9.90 Å². The Balaban J connectivity index is 2.79. The van der Waals surface area contributed by atoms with Gasteiger partial charge in [-0.25, -0.2) is 9.78 Å². The number of imidazole rings is 1. The van der Waals surface area contributed by atoms with Crippen LogP contribution in [0.15, 0.2) is 6.20 Å². The number of aromatic nitrogens is 2. The van der Waals surface area contributed by atoms with Gasteiger partial charge in [0.2, 0.25) is 0 Å². The van der Waals surface area contributed by atoms with Gasteiger partial charge in [0.1, 0.15) is 5.82 Å². The molecule has 4 N–H and O–H groups in total. The van der Waals surface area contributed by atoms with E-state index in [9.17, 15) is 4.79 Å². The van der Waals surface area contributed by atoms with Crippen molar-refractivity contribution in [3.8, 4) is 12.3 Å². The Kier molecular flexibility index (Phi) is 3.92. The van der Waals surface area contributed by atoms with Gasteiger partial charge >= 0.3 is 5.97 Å². The predicted octanol–water partition coefficient (Wildman–Crippen LogP) is 0.566. The van der Waals surface area contributed by atoms with E-state index >= 15 is 0 Å². The molecule has 0 radical (unpaired) electrons. The van der Waals surface area contributed by atoms with Gasteiger partial charge in [0.25, 0.3) is 0 Å². The summed E-state index contributed by atoms with van der Waals surface area (Å²) in [4.78, 5) is 18.1. The molecule has 1 atom stereocenters. The molecule has 0 aliphatic carbocycles. The number of carbonyl (C=O) groups is 1. The van der Waals surface area contributed by atoms with Crippen LogP contribution in [0.4, 0.5) is 0 Å². The predicted molar refractivity (Wildman–Crippen MR) is 64.2 cm³/mol. The molecule has 5 nitrogen and oxygen atoms in total. The lowest BCUT2D eigenvalue weighted by molar-refractivity contribution is -0.141. The Morgan fingerprint density at radius 3 is 2.88 bits per heavy atom. The minimum Gasteiger partial charge on any atom is -0.479 e. The van der Waals surface area contributed by atoms with Crippen molar-refractivity contribution in [2.24, 2.45) is 11.7 Å². The maximum absolute atomic E-state index is 10.9. The highest BCUT2D eigenvalue weighted by molar-refractivity contribution is 5.83. The standard InChI is InChI=1S/C12H17N3O2/c1-4-12(13,11(16)17)6-10-14-7-9(15-10)5-8(2)3/h1,7-8H,5-6,13H2,2-3H3,(H,14,15)(H,16,17). The number of nitrogens with two attached hydrogens (primary N) is 1. The quantitative estimate of drug-likeness (QED) is 0.650. The molecule has 0 saturated carbocycles. The van der Waals surface area contributed by atoms with Gasteiger partial charge in [0.15, 0.2) is 5.54 Å². The first-order valence-electron chi connectivity index (χ1n) is 5.40. The Hall–Kier alpha value is -1.80. The van der Waals surface area contributed by atoms with E-state index in [2.05, 4.69) is 29.7 Å². The monoisotopic (exact) mass is 235 g/mol. The van der Waals surface area contributed by atoms with E-state index in [0.29, 0.717) is 11.7 Å². The van der Waals surface area contributed by atoms with Crippen LogP contribution >= 0.6 is 0 Å². The van der Waals surface area contributed by atoms with E-state index in [1.54, 1.807) is 6.20 Å². The number of hydrogen-bond donors (Lipinski definition) is 3. The summed E-state index contributed by atoms with van der Waals surface area (Å²) < 4.78 is 0. The Morgan fingerprint density at radius 2 is 2.41 bits per heavy atom. The van der Waals surface area contributed by atoms with E-state index in [4.69, 9.17) is 17.3 Å². The molecule has 0 aliphatic rings. The number of nitrogens with one attached hydrogen (secondary N) is 1. The topological polar surface area (TPSA) is 92.0 Å². The van der Waals surface area contributed by atoms with Crippen LogP contribution in [0.5, 0.6) is 0 Å². The number of nitrogens with zero attached hydrogens (tertiary/aromatic N) is 1. The Morgan fingerprint density at radius 1 is 1.76 bits per heavy atom. The third-order valence-corrected chi connectivity index (χ3v) is 2.39. The van der Waals surface area contributed by atoms with Gasteiger partial charge in [0.05, 0.1) is 0 Å². The first-order chi connectivity index (χ1) is 7.87. The zero-order valence-electron chi connectivity index (χ0n) is 10.0. The summed E-state index contributed by atoms with van der Waals surface area (Å²) in [6.07, 6.45) is 7.69. The summed E-state index contributed by atoms with van der Waals surface area (Å²) >= 11 is 0. The van der Waals surface area contributed by atoms with E-state index < -0.39 is 11.5 Å². The summed E-state index contributed by atoms with van der Waals surface area (Å²) in [5, 5.41) is 8.94. The van der Waals surface area contributed by atoms with Crippen molar-refractivity contribution in [3.05, 3.63) is 17.7 Å². The summed E-state index contributed by atoms with van der Waals surface area (Å²) in [5.41, 5.74) is 4.84. The third-order valence-electron chi connectivity index (χ3n) is 2.39. The molecule has 1 unspecified atom stereocenters. The molecule has 0 amide bonds. The molecular formula is C12H17N3O2. The zero-order chi connectivity index (χ0) is 13.1. The van der Waals surface area contributed by atoms with Gasteiger partial charge in [-0.2, -0.15) is 0 Å². The fraction of sp³-hybridized carbons (Fsp3) is 0.500. The molecule has 0 fully saturated rings. The van der Waals surface area contributed by atoms with Crippen molar-refractivity contribution in [1.82, 2.24) is 9.97 Å². The molecule has 1 rings (SSSR count). The molecule has 5 heteroatoms. The molecule has 0 aliphatic heterocycles. The van der Waals surface area contributed by atoms with Crippen molar-refractivity contribution in [3.63, 3.8) is 0 Å². The average molecular weight is 235 g/mol. The lowest BCUT2D eigenvalue weighted by atomic mass is 9.98. The highest BCUT2D eigenvalue weighted by atomic mass is 16.4. The minimum absolute atomic E-state index is 0.00305. The van der Waals surface area contributed by atoms with E-state index in [-0.39, 0.29) is 6.42 Å². The van der Waals surface area contributed by atoms with Crippen LogP contribution in [0.1, 0.15) is 25.4 Å². The number of rotatable bonds is 5. The second kappa shape index (κ2) is 5.02. The third kappa shape index (κ3) is 3.33. The molecule has 17 heavy (non-hydrogen) atoms. The lowest BCUT2D eigenvalue weighted by Gasteiger charge is -2.16. The molecule has 1 aromatic rings. The molecule has 0 saturated heterocycles. The van der Waals surface area contributed by atoms with Gasteiger partial charge < -0.3 is 15.8 Å². The van der Waals surface area contributed by atoms with Crippen LogP contribution in [0.2, 0.25) is 0 Å². The summed E-state index contributed by atoms with van der Waals surface area (Å²) in [6, 6.07) is 0. The number of aromatic amines is 1. The fourth-order valence-corrected chi connectivity index (χ4v) is 1.49. The first kappa shape index (κ1) is 13.3. The van der Waals surface area contributed by atoms with Crippen LogP contribution in [0, 0.1) is 18.3 Å². The largest absolute Gasteiger partial charge is 0.479 e. The number of terminal acetylenes is 1. The maximum atomic E-state index is 10.9. The number of H-pyrrole nitrogens is 1. The normalized spacial score (nSPS) is 14.3. The number of hydrogen-bond acceptors (Lipinski definition) is 3. The first-order valence-corrected chi connectivity index (χ1v) is 5.40. The summed E-state index contributed by atoms with van der Waals surface area (Å²) in [6.45, 7) is 4.18. The number of carboxylic acid groups (broad SMARTS) is 1. The maximum Gasteiger partial charge on any atom is 0.336 e. The van der Waals surface area contributed by atoms with Crippen molar-refractivity contribution in [1.29, 1.82) is 0 Å². The smallest absolute Gasteiger partial charge is 0.336 e. The average Bonchev–Trinajstić information content (AvgIpc) is 2.63.